The van der Waals surface area contributed by atoms with Gasteiger partial charge in [0, 0.05) is 28.2 Å². The maximum absolute atomic E-state index is 10.6. The van der Waals surface area contributed by atoms with Crippen LogP contribution < -0.4 is 32.7 Å². The van der Waals surface area contributed by atoms with Gasteiger partial charge < -0.3 is 67.7 Å². The first kappa shape index (κ1) is 51.9. The Morgan fingerprint density at radius 1 is 0.441 bits per heavy atom. The van der Waals surface area contributed by atoms with E-state index in [2.05, 4.69) is 171 Å². The zero-order valence-corrected chi connectivity index (χ0v) is 40.6. The number of primary amides is 2. The summed E-state index contributed by atoms with van der Waals surface area (Å²) in [5, 5.41) is 8.69. The fourth-order valence-electron chi connectivity index (χ4n) is 5.84. The minimum Gasteiger partial charge on any atom is -0.779 e. The molecule has 0 heterocycles. The molecule has 0 saturated heterocycles. The minimum atomic E-state index is -0.834. The zero-order chi connectivity index (χ0) is 39.5. The number of rotatable bonds is 6. The van der Waals surface area contributed by atoms with Crippen LogP contribution in [-0.2, 0) is 87.1 Å². The first-order valence-corrected chi connectivity index (χ1v) is 21.7. The number of benzene rings is 6. The van der Waals surface area contributed by atoms with Crippen molar-refractivity contribution in [2.75, 3.05) is 0 Å². The first-order chi connectivity index (χ1) is 27.3. The van der Waals surface area contributed by atoms with Gasteiger partial charge in [0.1, 0.15) is 0 Å². The Hall–Kier alpha value is -3.22. The predicted octanol–water partition coefficient (Wildman–Crippen LogP) is 7.38. The molecule has 0 bridgehead atoms. The average molecular weight is 1250 g/mol. The molecule has 0 aromatic heterocycles. The van der Waals surface area contributed by atoms with Gasteiger partial charge >= 0.3 is 44.8 Å². The molecular formula is C48H42Au2FeN2O2P2S2-4. The monoisotopic (exact) mass is 1250 g/mol. The van der Waals surface area contributed by atoms with E-state index in [1.807, 2.05) is 0 Å². The molecule has 1 fully saturated rings. The van der Waals surface area contributed by atoms with Crippen LogP contribution in [0.2, 0.25) is 0 Å². The van der Waals surface area contributed by atoms with E-state index in [0.717, 1.165) is 0 Å². The molecule has 0 atom stereocenters. The molecule has 4 nitrogen and oxygen atoms in total. The van der Waals surface area contributed by atoms with Crippen LogP contribution in [0.25, 0.3) is 0 Å². The zero-order valence-electron chi connectivity index (χ0n) is 31.5. The molecule has 0 radical (unpaired) electrons. The number of amides is 2. The standard InChI is InChI=1S/2C17H15P.2C7H7NOS.2Au.Fe/c2*1-3-9-15(10-4-1)18(17-13-7-8-14-17)16-11-5-2-6-12-16;2*8-7(9)5-3-1-2-4-6(5)10;;;/h2*1-14,18H;2*1-4,10H,(H2,8,9);;;/q;-4;;;2*+1;/p-2. The largest absolute Gasteiger partial charge is 1.00 e. The summed E-state index contributed by atoms with van der Waals surface area (Å²) in [7, 11) is -1.67. The second-order valence-electron chi connectivity index (χ2n) is 12.3. The number of hydrogen-bond donors (Lipinski definition) is 2. The van der Waals surface area contributed by atoms with Crippen molar-refractivity contribution in [2.24, 2.45) is 11.5 Å². The summed E-state index contributed by atoms with van der Waals surface area (Å²) in [4.78, 5) is 22.2. The number of carbonyl (C=O) groups excluding carboxylic acids is 2. The van der Waals surface area contributed by atoms with E-state index in [9.17, 15) is 9.59 Å². The Morgan fingerprint density at radius 2 is 0.729 bits per heavy atom. The molecule has 8 rings (SSSR count). The summed E-state index contributed by atoms with van der Waals surface area (Å²) < 4.78 is 0. The number of nitrogens with two attached hydrogens (primary N) is 2. The van der Waals surface area contributed by atoms with E-state index in [-0.39, 0.29) is 61.8 Å². The molecule has 2 aliphatic carbocycles. The Balaban J connectivity index is 0.000000277. The third-order valence-corrected chi connectivity index (χ3v) is 14.6. The van der Waals surface area contributed by atoms with Crippen LogP contribution in [0.15, 0.2) is 204 Å². The Kier molecular flexibility index (Phi) is 24.9. The third-order valence-electron chi connectivity index (χ3n) is 8.46. The molecule has 1 saturated carbocycles. The van der Waals surface area contributed by atoms with Gasteiger partial charge in [-0.05, 0) is 26.5 Å². The molecular weight excluding hydrogens is 1210 g/mol. The van der Waals surface area contributed by atoms with Crippen molar-refractivity contribution < 1.29 is 71.4 Å². The second-order valence-corrected chi connectivity index (χ2v) is 18.1. The van der Waals surface area contributed by atoms with Crippen LogP contribution in [0.3, 0.4) is 0 Å². The van der Waals surface area contributed by atoms with Gasteiger partial charge in [-0.3, -0.25) is 9.59 Å². The fourth-order valence-corrected chi connectivity index (χ4v) is 11.5. The Labute approximate surface area is 403 Å². The normalized spacial score (nSPS) is 11.9. The first-order valence-electron chi connectivity index (χ1n) is 17.8. The van der Waals surface area contributed by atoms with Gasteiger partial charge in [0.15, 0.2) is 0 Å². The van der Waals surface area contributed by atoms with Crippen LogP contribution in [-0.4, -0.2) is 22.4 Å². The van der Waals surface area contributed by atoms with Crippen molar-refractivity contribution in [3.05, 3.63) is 231 Å². The molecule has 2 amide bonds. The topological polar surface area (TPSA) is 86.2 Å². The molecule has 59 heavy (non-hydrogen) atoms. The summed E-state index contributed by atoms with van der Waals surface area (Å²) in [5.41, 5.74) is 10.8. The maximum Gasteiger partial charge on any atom is 1.00 e. The molecule has 6 aromatic rings. The smallest absolute Gasteiger partial charge is 0.779 e. The van der Waals surface area contributed by atoms with E-state index < -0.39 is 26.9 Å². The molecule has 0 aliphatic heterocycles. The van der Waals surface area contributed by atoms with Crippen LogP contribution in [0.5, 0.6) is 0 Å². The molecule has 312 valence electrons. The van der Waals surface area contributed by atoms with E-state index in [1.165, 1.54) is 31.8 Å². The van der Waals surface area contributed by atoms with Crippen molar-refractivity contribution in [1.82, 2.24) is 0 Å². The van der Waals surface area contributed by atoms with Gasteiger partial charge in [-0.25, -0.2) is 0 Å². The van der Waals surface area contributed by atoms with E-state index in [1.54, 1.807) is 48.5 Å². The van der Waals surface area contributed by atoms with Crippen molar-refractivity contribution in [2.45, 2.75) is 9.79 Å². The van der Waals surface area contributed by atoms with Gasteiger partial charge in [0.2, 0.25) is 11.8 Å². The molecule has 0 spiro atoms. The van der Waals surface area contributed by atoms with Crippen molar-refractivity contribution in [3.63, 3.8) is 0 Å². The molecule has 2 aliphatic rings. The quantitative estimate of drug-likeness (QED) is 0.0790. The maximum atomic E-state index is 10.6. The molecule has 4 N–H and O–H groups in total. The molecule has 6 aromatic carbocycles. The van der Waals surface area contributed by atoms with E-state index >= 15 is 0 Å². The predicted molar refractivity (Wildman–Crippen MR) is 248 cm³/mol. The van der Waals surface area contributed by atoms with E-state index in [4.69, 9.17) is 36.7 Å². The minimum absolute atomic E-state index is 0. The van der Waals surface area contributed by atoms with Crippen LogP contribution in [0.1, 0.15) is 20.7 Å². The number of allylic oxidation sites excluding steroid dienone is 4. The van der Waals surface area contributed by atoms with Gasteiger partial charge in [-0.15, -0.1) is 7.55 Å². The number of hydrogen-bond acceptors (Lipinski definition) is 4. The fraction of sp³-hybridized carbons (Fsp3) is 0. The van der Waals surface area contributed by atoms with Crippen LogP contribution >= 0.6 is 15.1 Å². The van der Waals surface area contributed by atoms with Crippen LogP contribution in [0, 0.1) is 25.7 Å². The SMILES string of the molecule is C1=CC(=[PH](c2ccccc2)c2ccccc2)C=C1.NC(=O)c1ccccc1[S-].NC(=O)c1ccccc1[S-].[Au+].[Au+].[Fe].c1ccc([PH](=C2[CH-][CH-][CH-][CH-]2)c2ccccc2)cc1. The van der Waals surface area contributed by atoms with Gasteiger partial charge in [0.25, 0.3) is 0 Å². The van der Waals surface area contributed by atoms with Gasteiger partial charge in [-0.1, -0.05) is 202 Å². The van der Waals surface area contributed by atoms with Gasteiger partial charge in [-0.2, -0.15) is 9.79 Å². The Bertz CT molecular complexity index is 2190. The van der Waals surface area contributed by atoms with Crippen molar-refractivity contribution >= 4 is 84.0 Å². The summed E-state index contributed by atoms with van der Waals surface area (Å²) >= 11 is 9.65. The van der Waals surface area contributed by atoms with Crippen LogP contribution in [0.4, 0.5) is 0 Å². The summed E-state index contributed by atoms with van der Waals surface area (Å²) in [5.74, 6) is -0.934. The average Bonchev–Trinajstić information content (AvgIpc) is 3.97. The molecule has 0 unspecified atom stereocenters. The Morgan fingerprint density at radius 3 is 1.02 bits per heavy atom. The summed E-state index contributed by atoms with van der Waals surface area (Å²) in [6.45, 7) is 0. The van der Waals surface area contributed by atoms with Crippen molar-refractivity contribution in [1.29, 1.82) is 0 Å². The number of carbonyl (C=O) groups is 2. The second kappa shape index (κ2) is 28.3. The van der Waals surface area contributed by atoms with Crippen molar-refractivity contribution in [3.8, 4) is 0 Å². The van der Waals surface area contributed by atoms with Gasteiger partial charge in [0.05, 0.1) is 0 Å². The third kappa shape index (κ3) is 16.3. The summed E-state index contributed by atoms with van der Waals surface area (Å²) in [6, 6.07) is 56.9. The molecule has 11 heteroatoms. The van der Waals surface area contributed by atoms with E-state index in [0.29, 0.717) is 20.9 Å². The summed E-state index contributed by atoms with van der Waals surface area (Å²) in [6.07, 6.45) is 17.5.